The van der Waals surface area contributed by atoms with E-state index in [0.29, 0.717) is 45.1 Å². The first kappa shape index (κ1) is 69.4. The maximum atomic E-state index is 15.0. The SMILES string of the molecule is C=C1CC2CCC(O)/C=C/C(O[Si](C)(C)C(C)(C)C)C3O[C@H]4CCC(CC(=O)CC5C(CC6OC(CCC1O2)C[C@@H](C)C6=C)OC(CC(CO[Si](C)(C)C(C)(C)C)O[Si](C)(C)C(C)(C)C)[C@@H]5OC)OC4[C@H](O)C3O[Si](C)(C)C(C)(C)C. The number of hydrogen-bond donors (Lipinski definition) is 2. The van der Waals surface area contributed by atoms with Gasteiger partial charge in [0.1, 0.15) is 30.2 Å². The van der Waals surface area contributed by atoms with Gasteiger partial charge in [-0.2, -0.15) is 0 Å². The summed E-state index contributed by atoms with van der Waals surface area (Å²) in [7, 11) is -7.73. The van der Waals surface area contributed by atoms with Crippen LogP contribution in [0.1, 0.15) is 167 Å². The number of carbonyl (C=O) groups excluding carboxylic acids is 1. The van der Waals surface area contributed by atoms with Crippen molar-refractivity contribution < 1.29 is 61.1 Å². The maximum Gasteiger partial charge on any atom is 0.193 e. The van der Waals surface area contributed by atoms with Crippen LogP contribution in [0.15, 0.2) is 36.5 Å². The third-order valence-electron chi connectivity index (χ3n) is 21.4. The molecule has 2 N–H and O–H groups in total. The lowest BCUT2D eigenvalue weighted by Gasteiger charge is -2.53. The number of fused-ring (bicyclic) bond motifs is 2. The van der Waals surface area contributed by atoms with Crippen molar-refractivity contribution in [2.75, 3.05) is 13.7 Å². The zero-order valence-corrected chi connectivity index (χ0v) is 59.0. The Morgan fingerprint density at radius 2 is 1.17 bits per heavy atom. The van der Waals surface area contributed by atoms with E-state index in [1.54, 1.807) is 7.11 Å². The van der Waals surface area contributed by atoms with Gasteiger partial charge >= 0.3 is 0 Å². The molecule has 5 saturated heterocycles. The van der Waals surface area contributed by atoms with Crippen LogP contribution in [-0.4, -0.2) is 161 Å². The summed E-state index contributed by atoms with van der Waals surface area (Å²) in [5.74, 6) is -0.0000835. The van der Waals surface area contributed by atoms with Crippen molar-refractivity contribution in [2.45, 2.75) is 337 Å². The summed E-state index contributed by atoms with van der Waals surface area (Å²) in [5, 5.41) is 24.2. The van der Waals surface area contributed by atoms with E-state index in [0.717, 1.165) is 36.8 Å². The number of ether oxygens (including phenoxy) is 6. The average molecular weight is 1210 g/mol. The van der Waals surface area contributed by atoms with E-state index >= 15 is 0 Å². The molecule has 81 heavy (non-hydrogen) atoms. The topological polar surface area (TPSA) is 150 Å². The molecule has 13 nitrogen and oxygen atoms in total. The van der Waals surface area contributed by atoms with Crippen molar-refractivity contribution in [3.8, 4) is 0 Å². The molecular weight excluding hydrogens is 1090 g/mol. The lowest BCUT2D eigenvalue weighted by atomic mass is 9.81. The minimum Gasteiger partial charge on any atom is -0.414 e. The zero-order chi connectivity index (χ0) is 60.8. The van der Waals surface area contributed by atoms with E-state index < -0.39 is 88.2 Å². The Balaban J connectivity index is 1.37. The molecule has 0 aromatic rings. The fourth-order valence-electron chi connectivity index (χ4n) is 11.9. The van der Waals surface area contributed by atoms with E-state index in [4.69, 9.17) is 46.1 Å². The van der Waals surface area contributed by atoms with Gasteiger partial charge in [-0.05, 0) is 141 Å². The summed E-state index contributed by atoms with van der Waals surface area (Å²) in [6, 6.07) is 0. The van der Waals surface area contributed by atoms with Gasteiger partial charge in [-0.1, -0.05) is 115 Å². The second-order valence-electron chi connectivity index (χ2n) is 31.9. The first-order chi connectivity index (χ1) is 37.0. The van der Waals surface area contributed by atoms with Crippen LogP contribution in [0.5, 0.6) is 0 Å². The van der Waals surface area contributed by atoms with Gasteiger partial charge in [0.2, 0.25) is 0 Å². The predicted molar refractivity (Wildman–Crippen MR) is 336 cm³/mol. The molecule has 17 heteroatoms. The van der Waals surface area contributed by atoms with Crippen molar-refractivity contribution in [3.05, 3.63) is 36.5 Å². The smallest absolute Gasteiger partial charge is 0.193 e. The summed E-state index contributed by atoms with van der Waals surface area (Å²) in [4.78, 5) is 15.0. The molecule has 18 atom stereocenters. The summed E-state index contributed by atoms with van der Waals surface area (Å²) in [6.45, 7) is 56.7. The summed E-state index contributed by atoms with van der Waals surface area (Å²) in [5.41, 5.74) is 2.14. The van der Waals surface area contributed by atoms with E-state index in [1.807, 2.05) is 12.2 Å². The number of aliphatic hydroxyl groups excluding tert-OH is 2. The highest BCUT2D eigenvalue weighted by Crippen LogP contribution is 2.47. The predicted octanol–water partition coefficient (Wildman–Crippen LogP) is 13.9. The molecule has 0 aromatic carbocycles. The number of aliphatic hydroxyl groups is 2. The molecule has 8 aliphatic heterocycles. The van der Waals surface area contributed by atoms with Crippen molar-refractivity contribution in [2.24, 2.45) is 11.8 Å². The van der Waals surface area contributed by atoms with Gasteiger partial charge in [-0.15, -0.1) is 0 Å². The lowest BCUT2D eigenvalue weighted by molar-refractivity contribution is -0.269. The van der Waals surface area contributed by atoms with Gasteiger partial charge in [0, 0.05) is 38.7 Å². The first-order valence-electron chi connectivity index (χ1n) is 31.4. The van der Waals surface area contributed by atoms with Gasteiger partial charge in [0.05, 0.1) is 79.9 Å². The molecule has 8 bridgehead atoms. The first-order valence-corrected chi connectivity index (χ1v) is 43.1. The number of Topliss-reactive ketones (excluding diaryl/α,β-unsaturated/α-hetero) is 1. The van der Waals surface area contributed by atoms with E-state index in [-0.39, 0.29) is 93.3 Å². The van der Waals surface area contributed by atoms with E-state index in [9.17, 15) is 15.0 Å². The Morgan fingerprint density at radius 3 is 1.78 bits per heavy atom. The zero-order valence-electron chi connectivity index (χ0n) is 55.0. The molecule has 8 rings (SSSR count). The number of ketones is 1. The minimum absolute atomic E-state index is 0.0165. The fourth-order valence-corrected chi connectivity index (χ4v) is 16.9. The van der Waals surface area contributed by atoms with Crippen LogP contribution in [0.25, 0.3) is 0 Å². The van der Waals surface area contributed by atoms with E-state index in [2.05, 4.69) is 156 Å². The van der Waals surface area contributed by atoms with Gasteiger partial charge in [-0.3, -0.25) is 4.79 Å². The summed E-state index contributed by atoms with van der Waals surface area (Å²) < 4.78 is 70.6. The molecule has 468 valence electrons. The molecule has 5 fully saturated rings. The Morgan fingerprint density at radius 1 is 0.605 bits per heavy atom. The van der Waals surface area contributed by atoms with Gasteiger partial charge in [0.15, 0.2) is 33.3 Å². The van der Waals surface area contributed by atoms with Gasteiger partial charge in [-0.25, -0.2) is 0 Å². The molecule has 0 amide bonds. The number of rotatable bonds is 12. The van der Waals surface area contributed by atoms with Crippen molar-refractivity contribution in [1.29, 1.82) is 0 Å². The average Bonchev–Trinajstić information content (AvgIpc) is 3.87. The standard InChI is InChI=1S/C64H118O13Si4/c1-40-33-46-28-31-50-41(2)34-45(70-50)27-25-43(65)26-30-52(76-80(21,22)63(10,11)12)59-60(77-81(23,24)64(13,14)15)56(67)58-51(74-59)32-29-47(72-58)35-44(66)36-49-54(38-53(71-46)42(40)3)73-55(57(49)68-16)37-48(75-79(19,20)62(7,8)9)39-69-78(17,18)61(4,5)6/h26,30,40,43,45-60,65,67H,2-3,25,27-29,31-39H2,1,4-24H3/b30-26+/t40-,43?,45?,46?,47?,48?,49?,50?,51+,52?,53?,54?,55?,56+,57-,58?,59?,60?/m1/s1. The van der Waals surface area contributed by atoms with Crippen LogP contribution < -0.4 is 0 Å². The number of hydrogen-bond acceptors (Lipinski definition) is 13. The number of carbonyl (C=O) groups is 1. The highest BCUT2D eigenvalue weighted by atomic mass is 28.4. The molecule has 0 aliphatic carbocycles. The quantitative estimate of drug-likeness (QED) is 0.141. The van der Waals surface area contributed by atoms with Crippen LogP contribution in [0.3, 0.4) is 0 Å². The van der Waals surface area contributed by atoms with Gasteiger partial charge < -0.3 is 56.3 Å². The Bertz CT molecular complexity index is 2140. The monoisotopic (exact) mass is 1210 g/mol. The maximum absolute atomic E-state index is 15.0. The van der Waals surface area contributed by atoms with Gasteiger partial charge in [0.25, 0.3) is 0 Å². The molecule has 0 spiro atoms. The van der Waals surface area contributed by atoms with Crippen molar-refractivity contribution in [1.82, 2.24) is 0 Å². The van der Waals surface area contributed by atoms with Crippen LogP contribution in [0.2, 0.25) is 72.5 Å². The Labute approximate surface area is 497 Å². The second kappa shape index (κ2) is 26.5. The molecular formula is C64H118O13Si4. The fraction of sp³-hybridized carbons (Fsp3) is 0.891. The highest BCUT2D eigenvalue weighted by Gasteiger charge is 2.56. The van der Waals surface area contributed by atoms with Crippen LogP contribution in [0.4, 0.5) is 0 Å². The summed E-state index contributed by atoms with van der Waals surface area (Å²) in [6.07, 6.45) is 3.39. The second-order valence-corrected chi connectivity index (χ2v) is 50.9. The third-order valence-corrected chi connectivity index (χ3v) is 39.4. The summed E-state index contributed by atoms with van der Waals surface area (Å²) >= 11 is 0. The Hall–Kier alpha value is -0.722. The molecule has 8 heterocycles. The Kier molecular flexibility index (Phi) is 22.7. The van der Waals surface area contributed by atoms with Crippen LogP contribution in [-0.2, 0) is 50.9 Å². The molecule has 0 aromatic heterocycles. The molecule has 8 aliphatic rings. The van der Waals surface area contributed by atoms with E-state index in [1.165, 1.54) is 0 Å². The number of methoxy groups -OCH3 is 1. The molecule has 14 unspecified atom stereocenters. The largest absolute Gasteiger partial charge is 0.414 e. The molecule has 0 radical (unpaired) electrons. The minimum atomic E-state index is -2.56. The van der Waals surface area contributed by atoms with Crippen LogP contribution >= 0.6 is 0 Å². The van der Waals surface area contributed by atoms with Crippen molar-refractivity contribution in [3.63, 3.8) is 0 Å². The third kappa shape index (κ3) is 17.1. The lowest BCUT2D eigenvalue weighted by Crippen LogP contribution is -2.67. The molecule has 0 saturated carbocycles. The van der Waals surface area contributed by atoms with Crippen molar-refractivity contribution >= 4 is 39.1 Å². The highest BCUT2D eigenvalue weighted by molar-refractivity contribution is 6.75. The van der Waals surface area contributed by atoms with Crippen LogP contribution in [0, 0.1) is 11.8 Å². The normalized spacial score (nSPS) is 36.9.